The van der Waals surface area contributed by atoms with Crippen LogP contribution in [0.1, 0.15) is 29.6 Å². The van der Waals surface area contributed by atoms with Gasteiger partial charge in [0.1, 0.15) is 0 Å². The first kappa shape index (κ1) is 10.9. The first-order valence-corrected chi connectivity index (χ1v) is 5.78. The van der Waals surface area contributed by atoms with Gasteiger partial charge in [-0.25, -0.2) is 0 Å². The lowest BCUT2D eigenvalue weighted by molar-refractivity contribution is 0.721. The molecule has 0 amide bonds. The molecule has 0 N–H and O–H groups in total. The molecule has 16 heavy (non-hydrogen) atoms. The molecule has 0 saturated carbocycles. The van der Waals surface area contributed by atoms with Crippen molar-refractivity contribution in [1.82, 2.24) is 9.55 Å². The fourth-order valence-corrected chi connectivity index (χ4v) is 2.03. The third-order valence-electron chi connectivity index (χ3n) is 3.09. The Bertz CT molecular complexity index is 464. The number of hydrogen-bond acceptors (Lipinski definition) is 1. The van der Waals surface area contributed by atoms with Crippen LogP contribution in [0.15, 0.2) is 30.5 Å². The second-order valence-corrected chi connectivity index (χ2v) is 4.17. The molecule has 2 nitrogen and oxygen atoms in total. The van der Waals surface area contributed by atoms with E-state index in [4.69, 9.17) is 0 Å². The Hall–Kier alpha value is -1.57. The van der Waals surface area contributed by atoms with Crippen molar-refractivity contribution in [3.05, 3.63) is 53.1 Å². The van der Waals surface area contributed by atoms with E-state index < -0.39 is 0 Å². The fraction of sp³-hybridized carbons (Fsp3) is 0.357. The Balaban J connectivity index is 2.34. The molecule has 84 valence electrons. The predicted molar refractivity (Wildman–Crippen MR) is 66.6 cm³/mol. The van der Waals surface area contributed by atoms with Gasteiger partial charge >= 0.3 is 0 Å². The lowest BCUT2D eigenvalue weighted by Gasteiger charge is -2.11. The number of rotatable bonds is 3. The van der Waals surface area contributed by atoms with Crippen LogP contribution < -0.4 is 0 Å². The predicted octanol–water partition coefficient (Wildman–Crippen LogP) is 3.11. The normalized spacial score (nSPS) is 10.7. The molecule has 2 rings (SSSR count). The van der Waals surface area contributed by atoms with E-state index in [0.29, 0.717) is 0 Å². The number of pyridine rings is 1. The van der Waals surface area contributed by atoms with Crippen LogP contribution in [0, 0.1) is 13.8 Å². The van der Waals surface area contributed by atoms with E-state index in [2.05, 4.69) is 48.5 Å². The summed E-state index contributed by atoms with van der Waals surface area (Å²) in [4.78, 5) is 4.49. The summed E-state index contributed by atoms with van der Waals surface area (Å²) >= 11 is 0. The van der Waals surface area contributed by atoms with Crippen molar-refractivity contribution in [1.29, 1.82) is 0 Å². The smallest absolute Gasteiger partial charge is 0.0650 e. The third-order valence-corrected chi connectivity index (χ3v) is 3.09. The van der Waals surface area contributed by atoms with Crippen LogP contribution in [0.25, 0.3) is 0 Å². The summed E-state index contributed by atoms with van der Waals surface area (Å²) in [5, 5.41) is 0. The monoisotopic (exact) mass is 214 g/mol. The quantitative estimate of drug-likeness (QED) is 0.767. The van der Waals surface area contributed by atoms with E-state index in [1.54, 1.807) is 0 Å². The van der Waals surface area contributed by atoms with E-state index in [-0.39, 0.29) is 0 Å². The van der Waals surface area contributed by atoms with Crippen LogP contribution in [0.5, 0.6) is 0 Å². The molecule has 0 aliphatic carbocycles. The van der Waals surface area contributed by atoms with Gasteiger partial charge in [0, 0.05) is 17.6 Å². The number of nitrogens with zero attached hydrogens (tertiary/aromatic N) is 2. The molecule has 2 heterocycles. The molecule has 0 atom stereocenters. The second kappa shape index (κ2) is 4.52. The van der Waals surface area contributed by atoms with Gasteiger partial charge in [-0.1, -0.05) is 13.0 Å². The summed E-state index contributed by atoms with van der Waals surface area (Å²) in [7, 11) is 0. The fourth-order valence-electron chi connectivity index (χ4n) is 2.03. The molecule has 0 aliphatic heterocycles. The molecule has 2 heteroatoms. The molecule has 2 aromatic heterocycles. The number of aromatic nitrogens is 2. The van der Waals surface area contributed by atoms with Crippen LogP contribution in [0.4, 0.5) is 0 Å². The molecule has 0 radical (unpaired) electrons. The molecule has 2 aromatic rings. The van der Waals surface area contributed by atoms with Crippen molar-refractivity contribution < 1.29 is 0 Å². The minimum absolute atomic E-state index is 0.884. The summed E-state index contributed by atoms with van der Waals surface area (Å²) < 4.78 is 2.31. The summed E-state index contributed by atoms with van der Waals surface area (Å²) in [5.41, 5.74) is 5.12. The lowest BCUT2D eigenvalue weighted by Crippen LogP contribution is -2.07. The van der Waals surface area contributed by atoms with Crippen LogP contribution in [-0.2, 0) is 13.0 Å². The average molecular weight is 214 g/mol. The highest BCUT2D eigenvalue weighted by atomic mass is 15.0. The highest BCUT2D eigenvalue weighted by Crippen LogP contribution is 2.13. The van der Waals surface area contributed by atoms with Gasteiger partial charge in [0.15, 0.2) is 0 Å². The van der Waals surface area contributed by atoms with Gasteiger partial charge in [0.2, 0.25) is 0 Å². The lowest BCUT2D eigenvalue weighted by atomic mass is 10.1. The SMILES string of the molecule is CCc1cccnc1Cn1c(C)ccc1C. The second-order valence-electron chi connectivity index (χ2n) is 4.17. The number of aryl methyl sites for hydroxylation is 3. The zero-order chi connectivity index (χ0) is 11.5. The Morgan fingerprint density at radius 3 is 2.44 bits per heavy atom. The minimum atomic E-state index is 0.884. The molecule has 0 saturated heterocycles. The first-order chi connectivity index (χ1) is 7.72. The van der Waals surface area contributed by atoms with Crippen molar-refractivity contribution in [2.45, 2.75) is 33.7 Å². The molecule has 0 spiro atoms. The molecule has 0 bridgehead atoms. The highest BCUT2D eigenvalue weighted by molar-refractivity contribution is 5.22. The molecular formula is C14H18N2. The third kappa shape index (κ3) is 2.01. The Morgan fingerprint density at radius 1 is 1.12 bits per heavy atom. The zero-order valence-electron chi connectivity index (χ0n) is 10.2. The van der Waals surface area contributed by atoms with Crippen LogP contribution in [0.2, 0.25) is 0 Å². The maximum Gasteiger partial charge on any atom is 0.0650 e. The van der Waals surface area contributed by atoms with Gasteiger partial charge < -0.3 is 4.57 Å². The Kier molecular flexibility index (Phi) is 3.09. The van der Waals surface area contributed by atoms with E-state index in [9.17, 15) is 0 Å². The standard InChI is InChI=1S/C14H18N2/c1-4-13-6-5-9-15-14(13)10-16-11(2)7-8-12(16)3/h5-9H,4,10H2,1-3H3. The highest BCUT2D eigenvalue weighted by Gasteiger charge is 2.05. The van der Waals surface area contributed by atoms with Crippen LogP contribution >= 0.6 is 0 Å². The molecule has 0 aromatic carbocycles. The maximum atomic E-state index is 4.49. The molecule has 0 aliphatic rings. The van der Waals surface area contributed by atoms with Gasteiger partial charge in [-0.2, -0.15) is 0 Å². The first-order valence-electron chi connectivity index (χ1n) is 5.78. The van der Waals surface area contributed by atoms with Gasteiger partial charge in [-0.3, -0.25) is 4.98 Å². The zero-order valence-corrected chi connectivity index (χ0v) is 10.2. The van der Waals surface area contributed by atoms with Crippen LogP contribution in [0.3, 0.4) is 0 Å². The van der Waals surface area contributed by atoms with Crippen molar-refractivity contribution in [3.63, 3.8) is 0 Å². The minimum Gasteiger partial charge on any atom is -0.343 e. The Labute approximate surface area is 97.0 Å². The topological polar surface area (TPSA) is 17.8 Å². The van der Waals surface area contributed by atoms with Crippen molar-refractivity contribution in [2.24, 2.45) is 0 Å². The molecule has 0 fully saturated rings. The Morgan fingerprint density at radius 2 is 1.81 bits per heavy atom. The average Bonchev–Trinajstić information content (AvgIpc) is 2.61. The molecule has 0 unspecified atom stereocenters. The van der Waals surface area contributed by atoms with Gasteiger partial charge in [-0.15, -0.1) is 0 Å². The van der Waals surface area contributed by atoms with Crippen molar-refractivity contribution in [2.75, 3.05) is 0 Å². The van der Waals surface area contributed by atoms with E-state index in [1.807, 2.05) is 12.3 Å². The summed E-state index contributed by atoms with van der Waals surface area (Å²) in [5.74, 6) is 0. The van der Waals surface area contributed by atoms with Crippen molar-refractivity contribution >= 4 is 0 Å². The summed E-state index contributed by atoms with van der Waals surface area (Å²) in [6.07, 6.45) is 2.92. The van der Waals surface area contributed by atoms with E-state index in [1.165, 1.54) is 22.6 Å². The maximum absolute atomic E-state index is 4.49. The van der Waals surface area contributed by atoms with Crippen molar-refractivity contribution in [3.8, 4) is 0 Å². The van der Waals surface area contributed by atoms with Gasteiger partial charge in [-0.05, 0) is 44.0 Å². The van der Waals surface area contributed by atoms with Crippen LogP contribution in [-0.4, -0.2) is 9.55 Å². The largest absolute Gasteiger partial charge is 0.343 e. The van der Waals surface area contributed by atoms with E-state index in [0.717, 1.165) is 13.0 Å². The summed E-state index contributed by atoms with van der Waals surface area (Å²) in [6, 6.07) is 8.49. The van der Waals surface area contributed by atoms with Gasteiger partial charge in [0.05, 0.1) is 12.2 Å². The summed E-state index contributed by atoms with van der Waals surface area (Å²) in [6.45, 7) is 7.34. The number of hydrogen-bond donors (Lipinski definition) is 0. The van der Waals surface area contributed by atoms with Gasteiger partial charge in [0.25, 0.3) is 0 Å². The molecular weight excluding hydrogens is 196 g/mol. The van der Waals surface area contributed by atoms with E-state index >= 15 is 0 Å².